The number of hydrogen-bond donors (Lipinski definition) is 1. The minimum atomic E-state index is 0.429. The van der Waals surface area contributed by atoms with Crippen molar-refractivity contribution in [1.29, 1.82) is 0 Å². The second kappa shape index (κ2) is 8.76. The van der Waals surface area contributed by atoms with Crippen LogP contribution in [0.1, 0.15) is 34.7 Å². The molecule has 1 N–H and O–H groups in total. The maximum Gasteiger partial charge on any atom is 0.0594 e. The van der Waals surface area contributed by atoms with Crippen molar-refractivity contribution in [2.45, 2.75) is 39.4 Å². The van der Waals surface area contributed by atoms with Gasteiger partial charge in [0.25, 0.3) is 0 Å². The van der Waals surface area contributed by atoms with Gasteiger partial charge in [0.2, 0.25) is 0 Å². The van der Waals surface area contributed by atoms with Gasteiger partial charge in [0.15, 0.2) is 0 Å². The van der Waals surface area contributed by atoms with Crippen molar-refractivity contribution in [1.82, 2.24) is 20.0 Å². The van der Waals surface area contributed by atoms with Gasteiger partial charge in [-0.1, -0.05) is 6.92 Å². The molecule has 0 saturated carbocycles. The lowest BCUT2D eigenvalue weighted by Gasteiger charge is -2.34. The van der Waals surface area contributed by atoms with Gasteiger partial charge in [-0.05, 0) is 25.5 Å². The molecule has 0 aromatic carbocycles. The van der Waals surface area contributed by atoms with E-state index in [9.17, 15) is 0 Å². The molecule has 1 aliphatic heterocycles. The van der Waals surface area contributed by atoms with Crippen LogP contribution in [-0.4, -0.2) is 47.5 Å². The Bertz CT molecular complexity index is 618. The Kier molecular flexibility index (Phi) is 6.43. The second-order valence-corrected chi connectivity index (χ2v) is 7.67. The van der Waals surface area contributed by atoms with Crippen LogP contribution in [0.3, 0.4) is 0 Å². The molecule has 132 valence electrons. The number of hydrogen-bond acceptors (Lipinski definition) is 5. The van der Waals surface area contributed by atoms with Crippen molar-refractivity contribution in [2.24, 2.45) is 0 Å². The predicted molar refractivity (Wildman–Crippen MR) is 98.4 cm³/mol. The Morgan fingerprint density at radius 3 is 2.88 bits per heavy atom. The van der Waals surface area contributed by atoms with E-state index in [1.807, 2.05) is 22.2 Å². The second-order valence-electron chi connectivity index (χ2n) is 6.36. The predicted octanol–water partition coefficient (Wildman–Crippen LogP) is 2.83. The molecule has 3 rings (SSSR count). The molecule has 0 amide bonds. The number of ether oxygens (including phenoxy) is 1. The number of morpholine rings is 1. The van der Waals surface area contributed by atoms with Gasteiger partial charge in [0.1, 0.15) is 0 Å². The fourth-order valence-electron chi connectivity index (χ4n) is 3.13. The molecule has 0 unspecified atom stereocenters. The molecule has 1 aliphatic rings. The fraction of sp³-hybridized carbons (Fsp3) is 0.611. The van der Waals surface area contributed by atoms with Crippen LogP contribution in [0, 0.1) is 6.92 Å². The van der Waals surface area contributed by atoms with Gasteiger partial charge in [-0.25, -0.2) is 0 Å². The highest BCUT2D eigenvalue weighted by Gasteiger charge is 2.23. The van der Waals surface area contributed by atoms with Crippen molar-refractivity contribution < 1.29 is 4.74 Å². The summed E-state index contributed by atoms with van der Waals surface area (Å²) in [5.41, 5.74) is 1.26. The average Bonchev–Trinajstić information content (AvgIpc) is 3.22. The molecular weight excluding hydrogens is 320 g/mol. The summed E-state index contributed by atoms with van der Waals surface area (Å²) in [6.45, 7) is 10.9. The standard InChI is InChI=1S/C18H28N4OS/c1-3-6-22-14-16(12-20-22)11-19-13-17(18-5-4-15(2)24-18)21-7-9-23-10-8-21/h4-5,12,14,17,19H,3,6-11,13H2,1-2H3/t17-/m1/s1. The van der Waals surface area contributed by atoms with E-state index in [1.54, 1.807) is 0 Å². The van der Waals surface area contributed by atoms with E-state index in [1.165, 1.54) is 15.3 Å². The van der Waals surface area contributed by atoms with E-state index in [0.717, 1.165) is 52.4 Å². The molecule has 5 nitrogen and oxygen atoms in total. The number of aromatic nitrogens is 2. The summed E-state index contributed by atoms with van der Waals surface area (Å²) < 4.78 is 7.55. The van der Waals surface area contributed by atoms with Crippen molar-refractivity contribution >= 4 is 11.3 Å². The number of nitrogens with zero attached hydrogens (tertiary/aromatic N) is 3. The summed E-state index contributed by atoms with van der Waals surface area (Å²) in [4.78, 5) is 5.37. The summed E-state index contributed by atoms with van der Waals surface area (Å²) in [7, 11) is 0. The first-order chi connectivity index (χ1) is 11.8. The molecule has 0 spiro atoms. The van der Waals surface area contributed by atoms with E-state index < -0.39 is 0 Å². The lowest BCUT2D eigenvalue weighted by atomic mass is 10.2. The first-order valence-corrected chi connectivity index (χ1v) is 9.68. The summed E-state index contributed by atoms with van der Waals surface area (Å²) in [6.07, 6.45) is 5.24. The van der Waals surface area contributed by atoms with Crippen LogP contribution in [0.5, 0.6) is 0 Å². The molecule has 1 saturated heterocycles. The van der Waals surface area contributed by atoms with Gasteiger partial charge < -0.3 is 10.1 Å². The Morgan fingerprint density at radius 1 is 1.33 bits per heavy atom. The third-order valence-electron chi connectivity index (χ3n) is 4.38. The maximum absolute atomic E-state index is 5.52. The first-order valence-electron chi connectivity index (χ1n) is 8.86. The number of aryl methyl sites for hydroxylation is 2. The summed E-state index contributed by atoms with van der Waals surface area (Å²) in [5.74, 6) is 0. The van der Waals surface area contributed by atoms with E-state index >= 15 is 0 Å². The fourth-order valence-corrected chi connectivity index (χ4v) is 4.15. The van der Waals surface area contributed by atoms with Gasteiger partial charge in [-0.2, -0.15) is 5.10 Å². The molecule has 0 bridgehead atoms. The average molecular weight is 349 g/mol. The number of rotatable bonds is 8. The highest BCUT2D eigenvalue weighted by molar-refractivity contribution is 7.12. The molecule has 0 aliphatic carbocycles. The topological polar surface area (TPSA) is 42.3 Å². The van der Waals surface area contributed by atoms with Crippen LogP contribution in [0.25, 0.3) is 0 Å². The van der Waals surface area contributed by atoms with Crippen LogP contribution in [0.4, 0.5) is 0 Å². The van der Waals surface area contributed by atoms with E-state index in [4.69, 9.17) is 4.74 Å². The molecule has 2 aromatic rings. The Hall–Kier alpha value is -1.21. The zero-order valence-electron chi connectivity index (χ0n) is 14.7. The van der Waals surface area contributed by atoms with E-state index in [-0.39, 0.29) is 0 Å². The van der Waals surface area contributed by atoms with Crippen LogP contribution < -0.4 is 5.32 Å². The smallest absolute Gasteiger partial charge is 0.0594 e. The van der Waals surface area contributed by atoms with Crippen LogP contribution >= 0.6 is 11.3 Å². The molecule has 24 heavy (non-hydrogen) atoms. The van der Waals surface area contributed by atoms with Gasteiger partial charge in [-0.15, -0.1) is 11.3 Å². The monoisotopic (exact) mass is 348 g/mol. The van der Waals surface area contributed by atoms with Crippen molar-refractivity contribution in [3.63, 3.8) is 0 Å². The molecular formula is C18H28N4OS. The highest BCUT2D eigenvalue weighted by atomic mass is 32.1. The number of nitrogens with one attached hydrogen (secondary N) is 1. The van der Waals surface area contributed by atoms with Crippen LogP contribution in [-0.2, 0) is 17.8 Å². The van der Waals surface area contributed by atoms with E-state index in [2.05, 4.69) is 47.5 Å². The third-order valence-corrected chi connectivity index (χ3v) is 5.48. The van der Waals surface area contributed by atoms with Crippen LogP contribution in [0.15, 0.2) is 24.5 Å². The minimum Gasteiger partial charge on any atom is -0.379 e. The molecule has 0 radical (unpaired) electrons. The molecule has 1 fully saturated rings. The minimum absolute atomic E-state index is 0.429. The summed E-state index contributed by atoms with van der Waals surface area (Å²) >= 11 is 1.91. The van der Waals surface area contributed by atoms with Gasteiger partial charge in [-0.3, -0.25) is 9.58 Å². The van der Waals surface area contributed by atoms with Crippen molar-refractivity contribution in [3.8, 4) is 0 Å². The lowest BCUT2D eigenvalue weighted by Crippen LogP contribution is -2.42. The first kappa shape index (κ1) is 17.6. The quantitative estimate of drug-likeness (QED) is 0.797. The molecule has 3 heterocycles. The molecule has 6 heteroatoms. The van der Waals surface area contributed by atoms with E-state index in [0.29, 0.717) is 6.04 Å². The summed E-state index contributed by atoms with van der Waals surface area (Å²) in [6, 6.07) is 4.93. The highest BCUT2D eigenvalue weighted by Crippen LogP contribution is 2.27. The SMILES string of the molecule is CCCn1cc(CNC[C@H](c2ccc(C)s2)N2CCOCC2)cn1. The van der Waals surface area contributed by atoms with Gasteiger partial charge >= 0.3 is 0 Å². The largest absolute Gasteiger partial charge is 0.379 e. The molecule has 1 atom stereocenters. The van der Waals surface area contributed by atoms with Gasteiger partial charge in [0.05, 0.1) is 25.5 Å². The zero-order valence-corrected chi connectivity index (χ0v) is 15.5. The Balaban J connectivity index is 1.58. The van der Waals surface area contributed by atoms with Crippen LogP contribution in [0.2, 0.25) is 0 Å². The Labute approximate surface area is 148 Å². The normalized spacial score (nSPS) is 17.2. The Morgan fingerprint density at radius 2 is 2.17 bits per heavy atom. The summed E-state index contributed by atoms with van der Waals surface area (Å²) in [5, 5.41) is 8.04. The third kappa shape index (κ3) is 4.66. The van der Waals surface area contributed by atoms with Gasteiger partial charge in [0, 0.05) is 54.2 Å². The van der Waals surface area contributed by atoms with Crippen molar-refractivity contribution in [2.75, 3.05) is 32.8 Å². The van der Waals surface area contributed by atoms with Crippen molar-refractivity contribution in [3.05, 3.63) is 39.8 Å². The zero-order chi connectivity index (χ0) is 16.8. The maximum atomic E-state index is 5.52. The molecule has 2 aromatic heterocycles. The number of thiophene rings is 1. The lowest BCUT2D eigenvalue weighted by molar-refractivity contribution is 0.0168.